The molecule has 9 rings (SSSR count). The van der Waals surface area contributed by atoms with Gasteiger partial charge in [-0.05, 0) is 142 Å². The van der Waals surface area contributed by atoms with Gasteiger partial charge in [-0.1, -0.05) is 45.0 Å². The van der Waals surface area contributed by atoms with Gasteiger partial charge in [0.15, 0.2) is 0 Å². The lowest BCUT2D eigenvalue weighted by molar-refractivity contribution is -0.147. The van der Waals surface area contributed by atoms with Crippen LogP contribution in [0.2, 0.25) is 0 Å². The van der Waals surface area contributed by atoms with E-state index < -0.39 is 28.2 Å². The van der Waals surface area contributed by atoms with Gasteiger partial charge in [-0.15, -0.1) is 0 Å². The Morgan fingerprint density at radius 1 is 0.620 bits per heavy atom. The molecule has 4 bridgehead atoms. The second kappa shape index (κ2) is 9.83. The molecule has 5 aliphatic carbocycles. The largest absolute Gasteiger partial charge is 0.298 e. The molecule has 0 N–H and O–H groups in total. The van der Waals surface area contributed by atoms with Crippen molar-refractivity contribution >= 4 is 35.1 Å². The predicted octanol–water partition coefficient (Wildman–Crippen LogP) is 7.19. The molecule has 2 aliphatic heterocycles. The second-order valence-electron chi connectivity index (χ2n) is 19.3. The first-order valence-corrected chi connectivity index (χ1v) is 18.9. The molecule has 10 atom stereocenters. The van der Waals surface area contributed by atoms with Crippen molar-refractivity contribution in [2.45, 2.75) is 105 Å². The lowest BCUT2D eigenvalue weighted by Crippen LogP contribution is -2.49. The third-order valence-electron chi connectivity index (χ3n) is 14.9. The Morgan fingerprint density at radius 3 is 1.62 bits per heavy atom. The van der Waals surface area contributed by atoms with Crippen molar-refractivity contribution in [3.63, 3.8) is 0 Å². The molecule has 262 valence electrons. The van der Waals surface area contributed by atoms with Crippen molar-refractivity contribution in [3.8, 4) is 11.1 Å². The van der Waals surface area contributed by atoms with Gasteiger partial charge in [0.1, 0.15) is 5.78 Å². The molecule has 7 heteroatoms. The smallest absolute Gasteiger partial charge is 0.238 e. The van der Waals surface area contributed by atoms with Crippen LogP contribution in [0.15, 0.2) is 36.4 Å². The fraction of sp³-hybridized carbons (Fsp3) is 0.605. The highest BCUT2D eigenvalue weighted by Crippen LogP contribution is 2.76. The van der Waals surface area contributed by atoms with Crippen LogP contribution in [-0.4, -0.2) is 39.9 Å². The van der Waals surface area contributed by atoms with Crippen molar-refractivity contribution in [3.05, 3.63) is 53.1 Å². The third kappa shape index (κ3) is 3.85. The van der Waals surface area contributed by atoms with E-state index in [9.17, 15) is 19.2 Å². The molecule has 5 saturated carbocycles. The van der Waals surface area contributed by atoms with Crippen molar-refractivity contribution in [1.29, 1.82) is 0 Å². The number of ketones is 1. The topological polar surface area (TPSA) is 91.8 Å². The van der Waals surface area contributed by atoms with E-state index in [0.29, 0.717) is 18.5 Å². The Labute approximate surface area is 295 Å². The number of hydrogen-bond acceptors (Lipinski definition) is 5. The summed E-state index contributed by atoms with van der Waals surface area (Å²) in [6, 6.07) is 12.5. The summed E-state index contributed by atoms with van der Waals surface area (Å²) in [4.78, 5) is 73.8. The number of carbonyl (C=O) groups excluding carboxylic acids is 5. The first-order valence-electron chi connectivity index (χ1n) is 18.9. The number of fused-ring (bicyclic) bond motifs is 12. The molecule has 50 heavy (non-hydrogen) atoms. The molecule has 10 unspecified atom stereocenters. The summed E-state index contributed by atoms with van der Waals surface area (Å²) in [5.41, 5.74) is 4.63. The number of benzene rings is 2. The van der Waals surface area contributed by atoms with E-state index in [0.717, 1.165) is 42.4 Å². The molecule has 7 nitrogen and oxygen atoms in total. The van der Waals surface area contributed by atoms with E-state index >= 15 is 4.79 Å². The number of nitrogens with zero attached hydrogens (tertiary/aromatic N) is 2. The van der Waals surface area contributed by atoms with Crippen molar-refractivity contribution in [2.75, 3.05) is 4.90 Å². The molecule has 0 aromatic heterocycles. The summed E-state index contributed by atoms with van der Waals surface area (Å²) in [5, 5.41) is 0. The molecule has 7 aliphatic rings. The van der Waals surface area contributed by atoms with Crippen LogP contribution in [0.3, 0.4) is 0 Å². The number of imide groups is 2. The Bertz CT molecular complexity index is 1950. The summed E-state index contributed by atoms with van der Waals surface area (Å²) < 4.78 is 0. The maximum absolute atomic E-state index is 15.0. The van der Waals surface area contributed by atoms with Crippen LogP contribution in [0.1, 0.15) is 96.8 Å². The van der Waals surface area contributed by atoms with Gasteiger partial charge in [0.2, 0.25) is 23.6 Å². The molecule has 2 spiro atoms. The quantitative estimate of drug-likeness (QED) is 0.315. The Hall–Kier alpha value is -3.61. The second-order valence-corrected chi connectivity index (χ2v) is 19.3. The van der Waals surface area contributed by atoms with Gasteiger partial charge in [-0.25, -0.2) is 0 Å². The first-order chi connectivity index (χ1) is 23.4. The summed E-state index contributed by atoms with van der Waals surface area (Å²) in [6.45, 7) is 16.5. The molecule has 2 heterocycles. The van der Waals surface area contributed by atoms with Crippen molar-refractivity contribution in [2.24, 2.45) is 58.2 Å². The van der Waals surface area contributed by atoms with Gasteiger partial charge in [-0.2, -0.15) is 0 Å². The van der Waals surface area contributed by atoms with E-state index in [1.54, 1.807) is 0 Å². The third-order valence-corrected chi connectivity index (χ3v) is 14.9. The number of anilines is 1. The summed E-state index contributed by atoms with van der Waals surface area (Å²) in [5.74, 6) is -1.84. The summed E-state index contributed by atoms with van der Waals surface area (Å²) >= 11 is 0. The molecule has 2 aromatic carbocycles. The van der Waals surface area contributed by atoms with E-state index in [1.165, 1.54) is 20.9 Å². The minimum Gasteiger partial charge on any atom is -0.298 e. The predicted molar refractivity (Wildman–Crippen MR) is 190 cm³/mol. The maximum atomic E-state index is 15.0. The normalized spacial score (nSPS) is 38.6. The lowest BCUT2D eigenvalue weighted by Gasteiger charge is -2.42. The zero-order chi connectivity index (χ0) is 35.6. The molecule has 0 radical (unpaired) electrons. The van der Waals surface area contributed by atoms with Crippen molar-refractivity contribution in [1.82, 2.24) is 4.90 Å². The zero-order valence-electron chi connectivity index (χ0n) is 30.8. The number of aryl methyl sites for hydroxylation is 2. The van der Waals surface area contributed by atoms with Crippen LogP contribution < -0.4 is 4.90 Å². The van der Waals surface area contributed by atoms with Crippen LogP contribution in [0.4, 0.5) is 5.69 Å². The summed E-state index contributed by atoms with van der Waals surface area (Å²) in [6.07, 6.45) is 4.33. The van der Waals surface area contributed by atoms with Gasteiger partial charge in [0.25, 0.3) is 0 Å². The number of hydrogen-bond donors (Lipinski definition) is 0. The number of Topliss-reactive ketones (excluding diaryl/α,β-unsaturated/α-hetero) is 1. The molecule has 2 saturated heterocycles. The fourth-order valence-corrected chi connectivity index (χ4v) is 13.0. The molecular weight excluding hydrogens is 624 g/mol. The molecule has 4 amide bonds. The minimum absolute atomic E-state index is 0.0207. The monoisotopic (exact) mass is 674 g/mol. The van der Waals surface area contributed by atoms with E-state index in [-0.39, 0.29) is 70.3 Å². The highest BCUT2D eigenvalue weighted by molar-refractivity contribution is 6.23. The van der Waals surface area contributed by atoms with Gasteiger partial charge >= 0.3 is 0 Å². The van der Waals surface area contributed by atoms with Gasteiger partial charge in [-0.3, -0.25) is 33.8 Å². The van der Waals surface area contributed by atoms with E-state index in [1.807, 2.05) is 45.9 Å². The van der Waals surface area contributed by atoms with Gasteiger partial charge in [0, 0.05) is 16.4 Å². The summed E-state index contributed by atoms with van der Waals surface area (Å²) in [7, 11) is 0. The lowest BCUT2D eigenvalue weighted by atomic mass is 9.58. The molecule has 2 aromatic rings. The molecule has 7 fully saturated rings. The van der Waals surface area contributed by atoms with E-state index in [2.05, 4.69) is 45.9 Å². The first kappa shape index (κ1) is 32.3. The van der Waals surface area contributed by atoms with E-state index in [4.69, 9.17) is 0 Å². The van der Waals surface area contributed by atoms with Crippen LogP contribution in [0, 0.1) is 72.0 Å². The Morgan fingerprint density at radius 2 is 1.10 bits per heavy atom. The number of carbonyl (C=O) groups is 5. The maximum Gasteiger partial charge on any atom is 0.238 e. The standard InChI is InChI=1S/C43H50N2O5/c1-21-15-25(40(3,4)5)9-11-27(21)28-12-10-26(16-22(28)2)44-35(46)31-23-17-29(33(31)36(44)47)42(19-23)13-14-43(39(42)50)20-24-18-30(43)34-32(24)37(48)45(38(34)49)41(6,7)8/h9-12,15-16,23-24,29-34H,13-14,17-20H2,1-8H3. The average Bonchev–Trinajstić information content (AvgIpc) is 3.88. The van der Waals surface area contributed by atoms with Gasteiger partial charge < -0.3 is 0 Å². The average molecular weight is 675 g/mol. The zero-order valence-corrected chi connectivity index (χ0v) is 30.8. The molecular formula is C43H50N2O5. The number of rotatable bonds is 2. The van der Waals surface area contributed by atoms with Crippen LogP contribution in [-0.2, 0) is 29.4 Å². The number of amides is 4. The minimum atomic E-state index is -0.607. The number of likely N-dealkylation sites (tertiary alicyclic amines) is 1. The SMILES string of the molecule is Cc1cc(N2C(=O)C3C4CC(C3C2=O)C2(CCC3(CC5CC3C3C(=O)N(C(C)(C)C)C(=O)C53)C2=O)C4)ccc1-c1ccc(C(C)(C)C)cc1C. The van der Waals surface area contributed by atoms with Crippen LogP contribution >= 0.6 is 0 Å². The highest BCUT2D eigenvalue weighted by Gasteiger charge is 2.78. The van der Waals surface area contributed by atoms with Crippen LogP contribution in [0.5, 0.6) is 0 Å². The van der Waals surface area contributed by atoms with Crippen molar-refractivity contribution < 1.29 is 24.0 Å². The Kier molecular flexibility index (Phi) is 6.35. The van der Waals surface area contributed by atoms with Gasteiger partial charge in [0.05, 0.1) is 29.4 Å². The fourth-order valence-electron chi connectivity index (χ4n) is 13.0. The van der Waals surface area contributed by atoms with Crippen LogP contribution in [0.25, 0.3) is 11.1 Å². The Balaban J connectivity index is 0.986. The highest BCUT2D eigenvalue weighted by atomic mass is 16.2.